The lowest BCUT2D eigenvalue weighted by Crippen LogP contribution is -2.58. The van der Waals surface area contributed by atoms with Crippen LogP contribution in [0.4, 0.5) is 5.69 Å². The number of nitro benzene ring substituents is 1. The molecule has 0 spiro atoms. The van der Waals surface area contributed by atoms with E-state index in [9.17, 15) is 29.3 Å². The molecule has 5 atom stereocenters. The average molecular weight is 656 g/mol. The van der Waals surface area contributed by atoms with E-state index in [0.29, 0.717) is 31.5 Å². The number of likely N-dealkylation sites (N-methyl/N-ethyl adjacent to an activating group) is 1. The third kappa shape index (κ3) is 6.29. The number of nitro groups is 1. The highest BCUT2D eigenvalue weighted by Crippen LogP contribution is 2.40. The summed E-state index contributed by atoms with van der Waals surface area (Å²) in [4.78, 5) is 71.3. The maximum atomic E-state index is 13.9. The number of rotatable bonds is 10. The van der Waals surface area contributed by atoms with E-state index in [2.05, 4.69) is 32.8 Å². The summed E-state index contributed by atoms with van der Waals surface area (Å²) in [5.74, 6) is -2.75. The van der Waals surface area contributed by atoms with E-state index in [-0.39, 0.29) is 30.0 Å². The third-order valence-corrected chi connectivity index (χ3v) is 9.92. The first-order chi connectivity index (χ1) is 22.9. The molecule has 0 unspecified atom stereocenters. The molecule has 1 fully saturated rings. The first kappa shape index (κ1) is 32.9. The van der Waals surface area contributed by atoms with Gasteiger partial charge in [0.2, 0.25) is 23.6 Å². The summed E-state index contributed by atoms with van der Waals surface area (Å²) in [6.45, 7) is 4.43. The molecule has 3 aliphatic rings. The van der Waals surface area contributed by atoms with E-state index in [1.807, 2.05) is 39.1 Å². The number of nitrogens with zero attached hydrogens (tertiary/aromatic N) is 3. The summed E-state index contributed by atoms with van der Waals surface area (Å²) in [6, 6.07) is 9.16. The van der Waals surface area contributed by atoms with Crippen molar-refractivity contribution in [2.75, 3.05) is 20.1 Å². The number of benzene rings is 2. The molecular formula is C35H41N7O6. The van der Waals surface area contributed by atoms with Crippen molar-refractivity contribution in [2.45, 2.75) is 63.7 Å². The second-order valence-electron chi connectivity index (χ2n) is 13.4. The van der Waals surface area contributed by atoms with Gasteiger partial charge in [-0.3, -0.25) is 34.2 Å². The zero-order chi connectivity index (χ0) is 34.3. The second-order valence-corrected chi connectivity index (χ2v) is 13.4. The highest BCUT2D eigenvalue weighted by molar-refractivity contribution is 6.00. The van der Waals surface area contributed by atoms with Crippen molar-refractivity contribution in [1.82, 2.24) is 25.4 Å². The Morgan fingerprint density at radius 2 is 1.85 bits per heavy atom. The molecule has 0 saturated carbocycles. The van der Waals surface area contributed by atoms with Crippen LogP contribution in [0.15, 0.2) is 54.7 Å². The minimum absolute atomic E-state index is 0.0247. The number of hydrogen-bond donors (Lipinski definition) is 4. The average Bonchev–Trinajstić information content (AvgIpc) is 3.72. The van der Waals surface area contributed by atoms with Gasteiger partial charge in [-0.25, -0.2) is 0 Å². The van der Waals surface area contributed by atoms with Crippen molar-refractivity contribution >= 4 is 45.8 Å². The first-order valence-electron chi connectivity index (χ1n) is 16.4. The number of amides is 4. The van der Waals surface area contributed by atoms with Gasteiger partial charge in [0.05, 0.1) is 10.8 Å². The number of nitrogens with two attached hydrogens (primary N) is 1. The molecule has 48 heavy (non-hydrogen) atoms. The molecule has 252 valence electrons. The Bertz CT molecular complexity index is 1800. The van der Waals surface area contributed by atoms with Gasteiger partial charge in [-0.15, -0.1) is 0 Å². The smallest absolute Gasteiger partial charge is 0.269 e. The maximum absolute atomic E-state index is 13.9. The van der Waals surface area contributed by atoms with Gasteiger partial charge in [-0.05, 0) is 60.6 Å². The number of hydrogen-bond acceptors (Lipinski definition) is 7. The molecule has 0 bridgehead atoms. The van der Waals surface area contributed by atoms with E-state index >= 15 is 0 Å². The van der Waals surface area contributed by atoms with Gasteiger partial charge >= 0.3 is 0 Å². The fourth-order valence-corrected chi connectivity index (χ4v) is 7.39. The molecule has 2 aliphatic heterocycles. The first-order valence-corrected chi connectivity index (χ1v) is 16.4. The van der Waals surface area contributed by atoms with Gasteiger partial charge < -0.3 is 26.3 Å². The van der Waals surface area contributed by atoms with Crippen molar-refractivity contribution in [3.05, 3.63) is 81.5 Å². The highest BCUT2D eigenvalue weighted by Gasteiger charge is 2.40. The van der Waals surface area contributed by atoms with Gasteiger partial charge in [-0.2, -0.15) is 0 Å². The van der Waals surface area contributed by atoms with Crippen molar-refractivity contribution < 1.29 is 24.1 Å². The Hall–Kier alpha value is -5.04. The van der Waals surface area contributed by atoms with E-state index in [0.717, 1.165) is 23.1 Å². The number of aromatic nitrogens is 1. The van der Waals surface area contributed by atoms with Gasteiger partial charge in [0.15, 0.2) is 0 Å². The number of H-pyrrole nitrogens is 1. The molecule has 0 radical (unpaired) electrons. The molecule has 1 aromatic heterocycles. The second kappa shape index (κ2) is 13.2. The number of primary amides is 1. The minimum atomic E-state index is -1.10. The quantitative estimate of drug-likeness (QED) is 0.191. The zero-order valence-electron chi connectivity index (χ0n) is 27.3. The van der Waals surface area contributed by atoms with Gasteiger partial charge in [0.25, 0.3) is 5.69 Å². The molecule has 13 heteroatoms. The van der Waals surface area contributed by atoms with Crippen LogP contribution in [-0.2, 0) is 32.0 Å². The highest BCUT2D eigenvalue weighted by atomic mass is 16.6. The zero-order valence-corrected chi connectivity index (χ0v) is 27.3. The lowest BCUT2D eigenvalue weighted by molar-refractivity contribution is -0.384. The fourth-order valence-electron chi connectivity index (χ4n) is 7.39. The van der Waals surface area contributed by atoms with Crippen molar-refractivity contribution in [3.8, 4) is 0 Å². The molecule has 1 saturated heterocycles. The number of carbonyl (C=O) groups excluding carboxylic acids is 4. The van der Waals surface area contributed by atoms with E-state index in [4.69, 9.17) is 5.73 Å². The fraction of sp³-hybridized carbons (Fsp3) is 0.429. The molecule has 5 N–H and O–H groups in total. The Morgan fingerprint density at radius 1 is 1.10 bits per heavy atom. The summed E-state index contributed by atoms with van der Waals surface area (Å²) in [7, 11) is 2.01. The normalized spacial score (nSPS) is 21.7. The number of carbonyl (C=O) groups is 4. The van der Waals surface area contributed by atoms with Crippen molar-refractivity contribution in [1.29, 1.82) is 0 Å². The van der Waals surface area contributed by atoms with Gasteiger partial charge in [-0.1, -0.05) is 44.2 Å². The lowest BCUT2D eigenvalue weighted by atomic mass is 9.79. The summed E-state index contributed by atoms with van der Waals surface area (Å²) in [5.41, 5.74) is 10.6. The molecular weight excluding hydrogens is 614 g/mol. The third-order valence-electron chi connectivity index (χ3n) is 9.92. The predicted molar refractivity (Wildman–Crippen MR) is 179 cm³/mol. The Balaban J connectivity index is 1.22. The molecule has 3 aromatic rings. The topological polar surface area (TPSA) is 184 Å². The predicted octanol–water partition coefficient (Wildman–Crippen LogP) is 2.29. The number of aromatic amines is 1. The molecule has 3 heterocycles. The minimum Gasteiger partial charge on any atom is -0.368 e. The molecule has 4 amide bonds. The Kier molecular flexibility index (Phi) is 9.06. The van der Waals surface area contributed by atoms with Crippen LogP contribution in [0.1, 0.15) is 43.4 Å². The molecule has 13 nitrogen and oxygen atoms in total. The van der Waals surface area contributed by atoms with Gasteiger partial charge in [0.1, 0.15) is 18.1 Å². The maximum Gasteiger partial charge on any atom is 0.269 e. The van der Waals surface area contributed by atoms with Gasteiger partial charge in [0, 0.05) is 54.8 Å². The largest absolute Gasteiger partial charge is 0.368 e. The van der Waals surface area contributed by atoms with E-state index in [1.54, 1.807) is 0 Å². The summed E-state index contributed by atoms with van der Waals surface area (Å²) in [5, 5.41) is 18.2. The van der Waals surface area contributed by atoms with E-state index in [1.165, 1.54) is 40.1 Å². The standard InChI is InChI=1S/C35H41N7O6/c1-19(2)31(39-33(44)22-15-25-24-6-4-7-26-30(24)21(17-37-26)16-29(25)40(3)18-22)34(45)38-27(14-20-9-11-23(12-10-20)42(47)48)35(46)41-13-5-8-28(41)32(36)43/h4,6-7,9-12,15,17,19,22,27-29,31,37H,5,8,13-14,16,18H2,1-3H3,(H2,36,43)(H,38,45)(H,39,44)/t22-,27+,28+,29-,31+/m1/s1. The molecule has 6 rings (SSSR count). The molecule has 2 aromatic carbocycles. The Labute approximate surface area is 278 Å². The van der Waals surface area contributed by atoms with Crippen LogP contribution in [-0.4, -0.2) is 87.6 Å². The van der Waals surface area contributed by atoms with Crippen LogP contribution in [0, 0.1) is 22.0 Å². The SMILES string of the molecule is CC(C)[C@H](NC(=O)[C@@H]1C=C2c3cccc4[nH]cc(c34)C[C@H]2N(C)C1)C(=O)N[C@@H](Cc1ccc([N+](=O)[O-])cc1)C(=O)N1CCC[C@H]1C(N)=O. The summed E-state index contributed by atoms with van der Waals surface area (Å²) in [6.07, 6.45) is 5.96. The number of likely N-dealkylation sites (tertiary alicyclic amines) is 1. The van der Waals surface area contributed by atoms with Crippen LogP contribution in [0.2, 0.25) is 0 Å². The van der Waals surface area contributed by atoms with E-state index < -0.39 is 46.7 Å². The number of non-ortho nitro benzene ring substituents is 1. The van der Waals surface area contributed by atoms with Crippen molar-refractivity contribution in [2.24, 2.45) is 17.6 Å². The summed E-state index contributed by atoms with van der Waals surface area (Å²) >= 11 is 0. The summed E-state index contributed by atoms with van der Waals surface area (Å²) < 4.78 is 0. The number of fused-ring (bicyclic) bond motifs is 2. The van der Waals surface area contributed by atoms with Crippen LogP contribution < -0.4 is 16.4 Å². The van der Waals surface area contributed by atoms with Crippen LogP contribution in [0.25, 0.3) is 16.5 Å². The van der Waals surface area contributed by atoms with Crippen LogP contribution >= 0.6 is 0 Å². The van der Waals surface area contributed by atoms with Crippen molar-refractivity contribution in [3.63, 3.8) is 0 Å². The molecule has 1 aliphatic carbocycles. The van der Waals surface area contributed by atoms with Crippen LogP contribution in [0.3, 0.4) is 0 Å². The monoisotopic (exact) mass is 655 g/mol. The van der Waals surface area contributed by atoms with Crippen LogP contribution in [0.5, 0.6) is 0 Å². The number of nitrogens with one attached hydrogen (secondary N) is 3. The lowest BCUT2D eigenvalue weighted by Gasteiger charge is -2.39. The Morgan fingerprint density at radius 3 is 2.54 bits per heavy atom.